The number of likely N-dealkylation sites (tertiary alicyclic amines) is 1. The monoisotopic (exact) mass is 458 g/mol. The smallest absolute Gasteiger partial charge is 0.255 e. The molecule has 2 heterocycles. The van der Waals surface area contributed by atoms with E-state index in [1.54, 1.807) is 0 Å². The first-order chi connectivity index (χ1) is 16.5. The van der Waals surface area contributed by atoms with Crippen molar-refractivity contribution in [1.82, 2.24) is 4.90 Å². The molecule has 2 aromatic rings. The first-order valence-electron chi connectivity index (χ1n) is 12.7. The van der Waals surface area contributed by atoms with Gasteiger partial charge in [-0.2, -0.15) is 0 Å². The summed E-state index contributed by atoms with van der Waals surface area (Å²) in [5.41, 5.74) is 5.90. The topological polar surface area (TPSA) is 38.8 Å². The Morgan fingerprint density at radius 3 is 2.44 bits per heavy atom. The molecule has 180 valence electrons. The lowest BCUT2D eigenvalue weighted by atomic mass is 10.1. The lowest BCUT2D eigenvalue weighted by molar-refractivity contribution is 0.102. The summed E-state index contributed by atoms with van der Waals surface area (Å²) in [6.45, 7) is 13.3. The molecular formula is C29H38N4O. The molecule has 2 aliphatic rings. The number of benzene rings is 2. The SMILES string of the molecule is CCN(CC)c1ccc(C(=O)Nc2cc(N3CC=CC=C3N3CCCCC3)ccc2C)c(C)c1. The minimum Gasteiger partial charge on any atom is -0.372 e. The lowest BCUT2D eigenvalue weighted by Crippen LogP contribution is -2.39. The van der Waals surface area contributed by atoms with Crippen LogP contribution in [0, 0.1) is 13.8 Å². The van der Waals surface area contributed by atoms with E-state index in [2.05, 4.69) is 76.4 Å². The van der Waals surface area contributed by atoms with Crippen LogP contribution in [-0.2, 0) is 0 Å². The molecule has 0 aliphatic carbocycles. The van der Waals surface area contributed by atoms with Gasteiger partial charge in [-0.25, -0.2) is 0 Å². The summed E-state index contributed by atoms with van der Waals surface area (Å²) in [4.78, 5) is 20.4. The number of piperidine rings is 1. The molecule has 0 bridgehead atoms. The summed E-state index contributed by atoms with van der Waals surface area (Å²) in [5, 5.41) is 3.19. The molecule has 4 rings (SSSR count). The molecule has 5 heteroatoms. The Balaban J connectivity index is 1.55. The molecule has 1 N–H and O–H groups in total. The third-order valence-electron chi connectivity index (χ3n) is 6.99. The number of carbonyl (C=O) groups excluding carboxylic acids is 1. The Morgan fingerprint density at radius 2 is 1.74 bits per heavy atom. The van der Waals surface area contributed by atoms with E-state index in [4.69, 9.17) is 0 Å². The third kappa shape index (κ3) is 5.14. The Morgan fingerprint density at radius 1 is 0.971 bits per heavy atom. The molecule has 0 unspecified atom stereocenters. The molecule has 34 heavy (non-hydrogen) atoms. The van der Waals surface area contributed by atoms with Gasteiger partial charge in [-0.1, -0.05) is 18.2 Å². The first-order valence-corrected chi connectivity index (χ1v) is 12.7. The summed E-state index contributed by atoms with van der Waals surface area (Å²) < 4.78 is 0. The third-order valence-corrected chi connectivity index (χ3v) is 6.99. The Bertz CT molecular complexity index is 1080. The van der Waals surface area contributed by atoms with E-state index in [0.717, 1.165) is 66.5 Å². The van der Waals surface area contributed by atoms with E-state index in [-0.39, 0.29) is 5.91 Å². The van der Waals surface area contributed by atoms with Crippen LogP contribution in [0.5, 0.6) is 0 Å². The molecule has 0 radical (unpaired) electrons. The number of rotatable bonds is 7. The number of anilines is 3. The van der Waals surface area contributed by atoms with Crippen molar-refractivity contribution in [1.29, 1.82) is 0 Å². The highest BCUT2D eigenvalue weighted by atomic mass is 16.1. The number of nitrogens with one attached hydrogen (secondary N) is 1. The van der Waals surface area contributed by atoms with Gasteiger partial charge in [0, 0.05) is 55.3 Å². The van der Waals surface area contributed by atoms with E-state index in [1.165, 1.54) is 25.1 Å². The van der Waals surface area contributed by atoms with Gasteiger partial charge in [-0.3, -0.25) is 4.79 Å². The number of nitrogens with zero attached hydrogens (tertiary/aromatic N) is 3. The van der Waals surface area contributed by atoms with Gasteiger partial charge in [0.1, 0.15) is 5.82 Å². The van der Waals surface area contributed by atoms with Gasteiger partial charge < -0.3 is 20.0 Å². The van der Waals surface area contributed by atoms with Crippen LogP contribution >= 0.6 is 0 Å². The fourth-order valence-electron chi connectivity index (χ4n) is 4.93. The quantitative estimate of drug-likeness (QED) is 0.544. The lowest BCUT2D eigenvalue weighted by Gasteiger charge is -2.39. The molecule has 0 spiro atoms. The van der Waals surface area contributed by atoms with E-state index >= 15 is 0 Å². The zero-order chi connectivity index (χ0) is 24.1. The van der Waals surface area contributed by atoms with Crippen molar-refractivity contribution in [2.75, 3.05) is 47.8 Å². The fraction of sp³-hybridized carbons (Fsp3) is 0.414. The zero-order valence-corrected chi connectivity index (χ0v) is 21.1. The second-order valence-corrected chi connectivity index (χ2v) is 9.24. The van der Waals surface area contributed by atoms with E-state index in [0.29, 0.717) is 0 Å². The molecule has 1 fully saturated rings. The zero-order valence-electron chi connectivity index (χ0n) is 21.1. The highest BCUT2D eigenvalue weighted by Crippen LogP contribution is 2.30. The molecule has 0 saturated carbocycles. The average Bonchev–Trinajstić information content (AvgIpc) is 2.87. The number of allylic oxidation sites excluding steroid dienone is 2. The van der Waals surface area contributed by atoms with Crippen molar-refractivity contribution in [3.63, 3.8) is 0 Å². The van der Waals surface area contributed by atoms with Crippen LogP contribution in [-0.4, -0.2) is 43.5 Å². The highest BCUT2D eigenvalue weighted by molar-refractivity contribution is 6.06. The Hall–Kier alpha value is -3.21. The number of carbonyl (C=O) groups is 1. The van der Waals surface area contributed by atoms with Crippen molar-refractivity contribution in [3.8, 4) is 0 Å². The van der Waals surface area contributed by atoms with Crippen molar-refractivity contribution in [2.45, 2.75) is 47.0 Å². The summed E-state index contributed by atoms with van der Waals surface area (Å²) in [6, 6.07) is 12.5. The van der Waals surface area contributed by atoms with Crippen molar-refractivity contribution in [3.05, 3.63) is 77.1 Å². The molecule has 0 aromatic heterocycles. The summed E-state index contributed by atoms with van der Waals surface area (Å²) in [6.07, 6.45) is 10.4. The van der Waals surface area contributed by atoms with Crippen LogP contribution in [0.3, 0.4) is 0 Å². The van der Waals surface area contributed by atoms with Gasteiger partial charge >= 0.3 is 0 Å². The van der Waals surface area contributed by atoms with E-state index in [1.807, 2.05) is 26.0 Å². The van der Waals surface area contributed by atoms with Crippen LogP contribution in [0.15, 0.2) is 60.4 Å². The maximum absolute atomic E-state index is 13.2. The number of hydrogen-bond acceptors (Lipinski definition) is 4. The predicted molar refractivity (Wildman–Crippen MR) is 144 cm³/mol. The van der Waals surface area contributed by atoms with Gasteiger partial charge in [0.25, 0.3) is 5.91 Å². The largest absolute Gasteiger partial charge is 0.372 e. The van der Waals surface area contributed by atoms with Gasteiger partial charge in [-0.05, 0) is 94.5 Å². The van der Waals surface area contributed by atoms with Gasteiger partial charge in [0.15, 0.2) is 0 Å². The molecule has 1 saturated heterocycles. The minimum atomic E-state index is -0.0609. The summed E-state index contributed by atoms with van der Waals surface area (Å²) >= 11 is 0. The molecular weight excluding hydrogens is 420 g/mol. The molecule has 2 aromatic carbocycles. The molecule has 1 amide bonds. The predicted octanol–water partition coefficient (Wildman–Crippen LogP) is 6.11. The Kier molecular flexibility index (Phi) is 7.61. The molecule has 5 nitrogen and oxygen atoms in total. The maximum Gasteiger partial charge on any atom is 0.255 e. The minimum absolute atomic E-state index is 0.0609. The van der Waals surface area contributed by atoms with Gasteiger partial charge in [-0.15, -0.1) is 0 Å². The second kappa shape index (κ2) is 10.8. The van der Waals surface area contributed by atoms with Crippen LogP contribution in [0.25, 0.3) is 0 Å². The van der Waals surface area contributed by atoms with Crippen molar-refractivity contribution in [2.24, 2.45) is 0 Å². The van der Waals surface area contributed by atoms with E-state index < -0.39 is 0 Å². The maximum atomic E-state index is 13.2. The summed E-state index contributed by atoms with van der Waals surface area (Å²) in [7, 11) is 0. The standard InChI is InChI=1S/C29H38N4O/c1-5-31(6-2)24-15-16-26(23(4)20-24)29(34)30-27-21-25(14-13-22(27)3)33-19-11-8-12-28(33)32-17-9-7-10-18-32/h8,11-16,20-21H,5-7,9-10,17-19H2,1-4H3,(H,30,34). The number of amides is 1. The molecule has 2 aliphatic heterocycles. The first kappa shape index (κ1) is 23.9. The fourth-order valence-corrected chi connectivity index (χ4v) is 4.93. The summed E-state index contributed by atoms with van der Waals surface area (Å²) in [5.74, 6) is 1.19. The van der Waals surface area contributed by atoms with Crippen molar-refractivity contribution < 1.29 is 4.79 Å². The van der Waals surface area contributed by atoms with Gasteiger partial charge in [0.05, 0.1) is 0 Å². The van der Waals surface area contributed by atoms with Crippen LogP contribution in [0.2, 0.25) is 0 Å². The van der Waals surface area contributed by atoms with E-state index in [9.17, 15) is 4.79 Å². The molecule has 0 atom stereocenters. The number of aryl methyl sites for hydroxylation is 2. The van der Waals surface area contributed by atoms with Crippen LogP contribution < -0.4 is 15.1 Å². The highest BCUT2D eigenvalue weighted by Gasteiger charge is 2.22. The average molecular weight is 459 g/mol. The van der Waals surface area contributed by atoms with Crippen LogP contribution in [0.4, 0.5) is 17.1 Å². The van der Waals surface area contributed by atoms with Gasteiger partial charge in [0.2, 0.25) is 0 Å². The normalized spacial score (nSPS) is 15.8. The Labute approximate surface area is 204 Å². The number of hydrogen-bond donors (Lipinski definition) is 1. The van der Waals surface area contributed by atoms with Crippen LogP contribution in [0.1, 0.15) is 54.6 Å². The van der Waals surface area contributed by atoms with Crippen molar-refractivity contribution >= 4 is 23.0 Å². The second-order valence-electron chi connectivity index (χ2n) is 9.24.